The number of benzene rings is 1. The predicted molar refractivity (Wildman–Crippen MR) is 81.1 cm³/mol. The van der Waals surface area contributed by atoms with Gasteiger partial charge in [-0.2, -0.15) is 0 Å². The van der Waals surface area contributed by atoms with Gasteiger partial charge in [0.1, 0.15) is 17.3 Å². The van der Waals surface area contributed by atoms with Crippen LogP contribution in [0.3, 0.4) is 0 Å². The Balaban J connectivity index is 3.10. The monoisotopic (exact) mass is 284 g/mol. The van der Waals surface area contributed by atoms with E-state index in [0.717, 1.165) is 12.8 Å². The maximum Gasteiger partial charge on any atom is 0.149 e. The van der Waals surface area contributed by atoms with Gasteiger partial charge in [0.25, 0.3) is 0 Å². The maximum absolute atomic E-state index is 14.3. The van der Waals surface area contributed by atoms with Crippen LogP contribution in [0.2, 0.25) is 0 Å². The van der Waals surface area contributed by atoms with Crippen molar-refractivity contribution in [3.8, 4) is 0 Å². The van der Waals surface area contributed by atoms with Crippen molar-refractivity contribution in [2.75, 3.05) is 11.4 Å². The summed E-state index contributed by atoms with van der Waals surface area (Å²) in [6, 6.07) is 2.83. The molecule has 0 spiro atoms. The van der Waals surface area contributed by atoms with Gasteiger partial charge in [-0.05, 0) is 50.8 Å². The lowest BCUT2D eigenvalue weighted by Gasteiger charge is -2.29. The molecule has 0 heterocycles. The van der Waals surface area contributed by atoms with E-state index < -0.39 is 11.6 Å². The quantitative estimate of drug-likeness (QED) is 0.823. The van der Waals surface area contributed by atoms with E-state index in [1.54, 1.807) is 4.90 Å². The standard InChI is InChI=1S/C16H26F2N2/c1-5-7-20(11(3)4)16-14(17)9-12(10-15(16)18)8-13(19)6-2/h9-11,13H,5-8,19H2,1-4H3. The van der Waals surface area contributed by atoms with Crippen LogP contribution < -0.4 is 10.6 Å². The molecule has 20 heavy (non-hydrogen) atoms. The first kappa shape index (κ1) is 16.9. The Kier molecular flexibility index (Phi) is 6.40. The third-order valence-electron chi connectivity index (χ3n) is 3.47. The molecule has 0 radical (unpaired) electrons. The summed E-state index contributed by atoms with van der Waals surface area (Å²) in [5, 5.41) is 0. The van der Waals surface area contributed by atoms with Crippen molar-refractivity contribution in [3.63, 3.8) is 0 Å². The van der Waals surface area contributed by atoms with Gasteiger partial charge in [0.2, 0.25) is 0 Å². The first-order valence-electron chi connectivity index (χ1n) is 7.40. The van der Waals surface area contributed by atoms with E-state index in [0.29, 0.717) is 18.5 Å². The summed E-state index contributed by atoms with van der Waals surface area (Å²) >= 11 is 0. The Morgan fingerprint density at radius 2 is 1.70 bits per heavy atom. The molecule has 0 aliphatic heterocycles. The molecule has 0 saturated carbocycles. The number of hydrogen-bond donors (Lipinski definition) is 1. The minimum absolute atomic E-state index is 0.0581. The molecule has 1 atom stereocenters. The normalized spacial score (nSPS) is 12.8. The van der Waals surface area contributed by atoms with Gasteiger partial charge in [-0.25, -0.2) is 8.78 Å². The van der Waals surface area contributed by atoms with Crippen molar-refractivity contribution in [3.05, 3.63) is 29.3 Å². The highest BCUT2D eigenvalue weighted by molar-refractivity contribution is 5.51. The zero-order valence-corrected chi connectivity index (χ0v) is 12.9. The minimum Gasteiger partial charge on any atom is -0.364 e. The number of rotatable bonds is 7. The zero-order chi connectivity index (χ0) is 15.3. The van der Waals surface area contributed by atoms with Gasteiger partial charge >= 0.3 is 0 Å². The molecule has 1 rings (SSSR count). The molecular weight excluding hydrogens is 258 g/mol. The topological polar surface area (TPSA) is 29.3 Å². The molecule has 114 valence electrons. The zero-order valence-electron chi connectivity index (χ0n) is 12.9. The Morgan fingerprint density at radius 3 is 2.10 bits per heavy atom. The lowest BCUT2D eigenvalue weighted by molar-refractivity contribution is 0.547. The van der Waals surface area contributed by atoms with Crippen LogP contribution in [0, 0.1) is 11.6 Å². The van der Waals surface area contributed by atoms with E-state index in [1.165, 1.54) is 12.1 Å². The van der Waals surface area contributed by atoms with Crippen molar-refractivity contribution in [1.29, 1.82) is 0 Å². The van der Waals surface area contributed by atoms with Gasteiger partial charge in [0.15, 0.2) is 0 Å². The first-order valence-corrected chi connectivity index (χ1v) is 7.40. The Hall–Kier alpha value is -1.16. The molecule has 4 heteroatoms. The lowest BCUT2D eigenvalue weighted by atomic mass is 10.0. The van der Waals surface area contributed by atoms with Crippen LogP contribution in [0.5, 0.6) is 0 Å². The second-order valence-electron chi connectivity index (χ2n) is 5.57. The van der Waals surface area contributed by atoms with Gasteiger partial charge in [-0.1, -0.05) is 13.8 Å². The van der Waals surface area contributed by atoms with Crippen LogP contribution in [0.4, 0.5) is 14.5 Å². The van der Waals surface area contributed by atoms with Crippen molar-refractivity contribution in [2.45, 2.75) is 59.0 Å². The second-order valence-corrected chi connectivity index (χ2v) is 5.57. The summed E-state index contributed by atoms with van der Waals surface area (Å²) in [6.07, 6.45) is 2.14. The van der Waals surface area contributed by atoms with Crippen molar-refractivity contribution in [2.24, 2.45) is 5.73 Å². The number of halogens is 2. The molecule has 0 amide bonds. The van der Waals surface area contributed by atoms with E-state index in [1.807, 2.05) is 27.7 Å². The highest BCUT2D eigenvalue weighted by atomic mass is 19.1. The van der Waals surface area contributed by atoms with Crippen molar-refractivity contribution in [1.82, 2.24) is 0 Å². The molecule has 0 fully saturated rings. The van der Waals surface area contributed by atoms with Crippen LogP contribution in [-0.2, 0) is 6.42 Å². The molecule has 2 nitrogen and oxygen atoms in total. The van der Waals surface area contributed by atoms with E-state index in [9.17, 15) is 8.78 Å². The van der Waals surface area contributed by atoms with Crippen molar-refractivity contribution < 1.29 is 8.78 Å². The summed E-state index contributed by atoms with van der Waals surface area (Å²) in [5.41, 5.74) is 6.55. The van der Waals surface area contributed by atoms with Crippen LogP contribution in [0.15, 0.2) is 12.1 Å². The molecule has 2 N–H and O–H groups in total. The molecular formula is C16H26F2N2. The number of nitrogens with two attached hydrogens (primary N) is 1. The molecule has 1 aromatic carbocycles. The fourth-order valence-corrected chi connectivity index (χ4v) is 2.33. The SMILES string of the molecule is CCCN(c1c(F)cc(CC(N)CC)cc1F)C(C)C. The fraction of sp³-hybridized carbons (Fsp3) is 0.625. The Morgan fingerprint density at radius 1 is 1.15 bits per heavy atom. The van der Waals surface area contributed by atoms with Crippen LogP contribution in [0.25, 0.3) is 0 Å². The third kappa shape index (κ3) is 4.17. The molecule has 0 aromatic heterocycles. The molecule has 0 saturated heterocycles. The van der Waals surface area contributed by atoms with Crippen LogP contribution in [-0.4, -0.2) is 18.6 Å². The van der Waals surface area contributed by atoms with E-state index >= 15 is 0 Å². The molecule has 1 unspecified atom stereocenters. The average molecular weight is 284 g/mol. The Labute approximate surface area is 121 Å². The summed E-state index contributed by atoms with van der Waals surface area (Å²) in [6.45, 7) is 8.48. The van der Waals surface area contributed by atoms with Crippen LogP contribution in [0.1, 0.15) is 46.1 Å². The van der Waals surface area contributed by atoms with Gasteiger partial charge in [0, 0.05) is 18.6 Å². The summed E-state index contributed by atoms with van der Waals surface area (Å²) < 4.78 is 28.6. The fourth-order valence-electron chi connectivity index (χ4n) is 2.33. The van der Waals surface area contributed by atoms with E-state index in [-0.39, 0.29) is 17.8 Å². The van der Waals surface area contributed by atoms with Gasteiger partial charge in [0.05, 0.1) is 0 Å². The highest BCUT2D eigenvalue weighted by Gasteiger charge is 2.20. The van der Waals surface area contributed by atoms with Gasteiger partial charge < -0.3 is 10.6 Å². The lowest BCUT2D eigenvalue weighted by Crippen LogP contribution is -2.33. The largest absolute Gasteiger partial charge is 0.364 e. The average Bonchev–Trinajstić information content (AvgIpc) is 2.36. The molecule has 0 aliphatic carbocycles. The van der Waals surface area contributed by atoms with Gasteiger partial charge in [-0.15, -0.1) is 0 Å². The highest BCUT2D eigenvalue weighted by Crippen LogP contribution is 2.27. The van der Waals surface area contributed by atoms with Crippen molar-refractivity contribution >= 4 is 5.69 Å². The molecule has 0 bridgehead atoms. The second kappa shape index (κ2) is 7.58. The molecule has 0 aliphatic rings. The maximum atomic E-state index is 14.3. The van der Waals surface area contributed by atoms with Crippen LogP contribution >= 0.6 is 0 Å². The third-order valence-corrected chi connectivity index (χ3v) is 3.47. The summed E-state index contributed by atoms with van der Waals surface area (Å²) in [4.78, 5) is 1.77. The van der Waals surface area contributed by atoms with E-state index in [2.05, 4.69) is 0 Å². The predicted octanol–water partition coefficient (Wildman–Crippen LogP) is 3.87. The van der Waals surface area contributed by atoms with E-state index in [4.69, 9.17) is 5.73 Å². The minimum atomic E-state index is -0.495. The number of nitrogens with zero attached hydrogens (tertiary/aromatic N) is 1. The van der Waals surface area contributed by atoms with Gasteiger partial charge in [-0.3, -0.25) is 0 Å². The summed E-state index contributed by atoms with van der Waals surface area (Å²) in [7, 11) is 0. The summed E-state index contributed by atoms with van der Waals surface area (Å²) in [5.74, 6) is -0.990. The smallest absolute Gasteiger partial charge is 0.149 e. The first-order chi connectivity index (χ1) is 9.40. The number of hydrogen-bond acceptors (Lipinski definition) is 2. The molecule has 1 aromatic rings. The Bertz CT molecular complexity index is 409. The number of anilines is 1.